The minimum Gasteiger partial charge on any atom is -0.492 e. The van der Waals surface area contributed by atoms with Gasteiger partial charge in [-0.15, -0.1) is 0 Å². The van der Waals surface area contributed by atoms with Crippen LogP contribution in [0.25, 0.3) is 0 Å². The molecule has 0 aliphatic carbocycles. The first-order chi connectivity index (χ1) is 8.65. The first kappa shape index (κ1) is 15.5. The third-order valence-corrected chi connectivity index (χ3v) is 3.87. The van der Waals surface area contributed by atoms with Crippen LogP contribution in [0.3, 0.4) is 0 Å². The van der Waals surface area contributed by atoms with Crippen molar-refractivity contribution in [3.63, 3.8) is 0 Å². The first-order valence-corrected chi connectivity index (χ1v) is 7.19. The van der Waals surface area contributed by atoms with Crippen LogP contribution in [-0.2, 0) is 0 Å². The van der Waals surface area contributed by atoms with Gasteiger partial charge in [-0.1, -0.05) is 29.8 Å². The summed E-state index contributed by atoms with van der Waals surface area (Å²) in [5, 5.41) is 12.8. The van der Waals surface area contributed by atoms with Crippen LogP contribution >= 0.6 is 15.9 Å². The van der Waals surface area contributed by atoms with Crippen LogP contribution in [0.2, 0.25) is 0 Å². The molecule has 18 heavy (non-hydrogen) atoms. The number of hydrogen-bond acceptors (Lipinski definition) is 3. The number of aliphatic hydroxyl groups excluding tert-OH is 1. The summed E-state index contributed by atoms with van der Waals surface area (Å²) in [6.07, 6.45) is 1.83. The van der Waals surface area contributed by atoms with E-state index in [1.807, 2.05) is 24.3 Å². The standard InChI is InChI=1S/C14H22BrNO2/c1-3-14(4-2,11-17)16-9-10-18-13-7-5-12(15)6-8-13/h5-8,16-17H,3-4,9-11H2,1-2H3. The van der Waals surface area contributed by atoms with E-state index in [4.69, 9.17) is 4.74 Å². The van der Waals surface area contributed by atoms with Crippen molar-refractivity contribution in [3.05, 3.63) is 28.7 Å². The fourth-order valence-corrected chi connectivity index (χ4v) is 2.06. The van der Waals surface area contributed by atoms with Gasteiger partial charge in [0.1, 0.15) is 12.4 Å². The molecule has 0 saturated heterocycles. The molecule has 0 saturated carbocycles. The van der Waals surface area contributed by atoms with Crippen LogP contribution < -0.4 is 10.1 Å². The van der Waals surface area contributed by atoms with E-state index < -0.39 is 0 Å². The molecule has 0 bridgehead atoms. The Kier molecular flexibility index (Phi) is 6.68. The fraction of sp³-hybridized carbons (Fsp3) is 0.571. The topological polar surface area (TPSA) is 41.5 Å². The summed E-state index contributed by atoms with van der Waals surface area (Å²) in [5.41, 5.74) is -0.164. The lowest BCUT2D eigenvalue weighted by Gasteiger charge is -2.30. The normalized spacial score (nSPS) is 11.6. The zero-order chi connectivity index (χ0) is 13.4. The monoisotopic (exact) mass is 315 g/mol. The van der Waals surface area contributed by atoms with Crippen molar-refractivity contribution in [1.29, 1.82) is 0 Å². The zero-order valence-corrected chi connectivity index (χ0v) is 12.7. The Balaban J connectivity index is 2.31. The zero-order valence-electron chi connectivity index (χ0n) is 11.1. The molecule has 0 heterocycles. The van der Waals surface area contributed by atoms with Crippen molar-refractivity contribution >= 4 is 15.9 Å². The van der Waals surface area contributed by atoms with Crippen molar-refractivity contribution in [1.82, 2.24) is 5.32 Å². The van der Waals surface area contributed by atoms with Gasteiger partial charge in [0.2, 0.25) is 0 Å². The first-order valence-electron chi connectivity index (χ1n) is 6.40. The lowest BCUT2D eigenvalue weighted by atomic mass is 9.94. The van der Waals surface area contributed by atoms with Crippen molar-refractivity contribution in [2.24, 2.45) is 0 Å². The van der Waals surface area contributed by atoms with E-state index in [2.05, 4.69) is 35.1 Å². The molecule has 0 aromatic heterocycles. The molecule has 1 aromatic rings. The maximum absolute atomic E-state index is 9.41. The molecule has 0 unspecified atom stereocenters. The van der Waals surface area contributed by atoms with Crippen LogP contribution in [0.15, 0.2) is 28.7 Å². The highest BCUT2D eigenvalue weighted by Gasteiger charge is 2.23. The summed E-state index contributed by atoms with van der Waals surface area (Å²) in [6, 6.07) is 7.78. The molecular formula is C14H22BrNO2. The number of halogens is 1. The van der Waals surface area contributed by atoms with Gasteiger partial charge in [0, 0.05) is 16.6 Å². The molecule has 4 heteroatoms. The van der Waals surface area contributed by atoms with Gasteiger partial charge in [-0.3, -0.25) is 0 Å². The molecule has 0 radical (unpaired) electrons. The van der Waals surface area contributed by atoms with Crippen molar-refractivity contribution in [3.8, 4) is 5.75 Å². The molecule has 1 rings (SSSR count). The van der Waals surface area contributed by atoms with Crippen LogP contribution in [0.4, 0.5) is 0 Å². The van der Waals surface area contributed by atoms with Crippen LogP contribution in [0.1, 0.15) is 26.7 Å². The Morgan fingerprint density at radius 3 is 2.33 bits per heavy atom. The molecule has 0 amide bonds. The fourth-order valence-electron chi connectivity index (χ4n) is 1.80. The maximum atomic E-state index is 9.41. The third kappa shape index (κ3) is 4.59. The highest BCUT2D eigenvalue weighted by Crippen LogP contribution is 2.16. The van der Waals surface area contributed by atoms with E-state index in [0.717, 1.165) is 29.6 Å². The van der Waals surface area contributed by atoms with Gasteiger partial charge in [0.15, 0.2) is 0 Å². The van der Waals surface area contributed by atoms with Crippen LogP contribution in [0, 0.1) is 0 Å². The Hall–Kier alpha value is -0.580. The third-order valence-electron chi connectivity index (χ3n) is 3.34. The summed E-state index contributed by atoms with van der Waals surface area (Å²) in [4.78, 5) is 0. The number of rotatable bonds is 8. The minimum atomic E-state index is -0.164. The summed E-state index contributed by atoms with van der Waals surface area (Å²) in [6.45, 7) is 5.67. The predicted octanol–water partition coefficient (Wildman–Crippen LogP) is 2.97. The average molecular weight is 316 g/mol. The van der Waals surface area contributed by atoms with E-state index in [9.17, 15) is 5.11 Å². The number of nitrogens with one attached hydrogen (secondary N) is 1. The van der Waals surface area contributed by atoms with Gasteiger partial charge in [-0.2, -0.15) is 0 Å². The van der Waals surface area contributed by atoms with Crippen molar-refractivity contribution < 1.29 is 9.84 Å². The number of aliphatic hydroxyl groups is 1. The largest absolute Gasteiger partial charge is 0.492 e. The molecule has 0 fully saturated rings. The van der Waals surface area contributed by atoms with Gasteiger partial charge in [-0.05, 0) is 37.1 Å². The van der Waals surface area contributed by atoms with Crippen molar-refractivity contribution in [2.45, 2.75) is 32.2 Å². The number of benzene rings is 1. The van der Waals surface area contributed by atoms with Gasteiger partial charge >= 0.3 is 0 Å². The Bertz CT molecular complexity index is 328. The molecule has 0 spiro atoms. The summed E-state index contributed by atoms with van der Waals surface area (Å²) >= 11 is 3.39. The Labute approximate surface area is 118 Å². The minimum absolute atomic E-state index is 0.164. The van der Waals surface area contributed by atoms with E-state index in [-0.39, 0.29) is 12.1 Å². The number of ether oxygens (including phenoxy) is 1. The average Bonchev–Trinajstić information content (AvgIpc) is 2.42. The molecule has 0 atom stereocenters. The second-order valence-electron chi connectivity index (χ2n) is 4.37. The lowest BCUT2D eigenvalue weighted by molar-refractivity contribution is 0.144. The van der Waals surface area contributed by atoms with Gasteiger partial charge in [0.05, 0.1) is 6.61 Å². The van der Waals surface area contributed by atoms with Crippen LogP contribution in [0.5, 0.6) is 5.75 Å². The highest BCUT2D eigenvalue weighted by atomic mass is 79.9. The SMILES string of the molecule is CCC(CC)(CO)NCCOc1ccc(Br)cc1. The molecule has 0 aliphatic heterocycles. The molecule has 1 aromatic carbocycles. The van der Waals surface area contributed by atoms with E-state index in [1.54, 1.807) is 0 Å². The summed E-state index contributed by atoms with van der Waals surface area (Å²) in [7, 11) is 0. The number of hydrogen-bond donors (Lipinski definition) is 2. The molecule has 3 nitrogen and oxygen atoms in total. The Morgan fingerprint density at radius 1 is 1.22 bits per heavy atom. The smallest absolute Gasteiger partial charge is 0.119 e. The summed E-state index contributed by atoms with van der Waals surface area (Å²) in [5.74, 6) is 0.864. The van der Waals surface area contributed by atoms with E-state index in [1.165, 1.54) is 0 Å². The van der Waals surface area contributed by atoms with Gasteiger partial charge in [-0.25, -0.2) is 0 Å². The maximum Gasteiger partial charge on any atom is 0.119 e. The Morgan fingerprint density at radius 2 is 1.83 bits per heavy atom. The second-order valence-corrected chi connectivity index (χ2v) is 5.29. The molecule has 102 valence electrons. The van der Waals surface area contributed by atoms with Crippen LogP contribution in [-0.4, -0.2) is 30.4 Å². The molecular weight excluding hydrogens is 294 g/mol. The second kappa shape index (κ2) is 7.77. The quantitative estimate of drug-likeness (QED) is 0.725. The van der Waals surface area contributed by atoms with Crippen molar-refractivity contribution in [2.75, 3.05) is 19.8 Å². The molecule has 2 N–H and O–H groups in total. The van der Waals surface area contributed by atoms with Gasteiger partial charge in [0.25, 0.3) is 0 Å². The van der Waals surface area contributed by atoms with Gasteiger partial charge < -0.3 is 15.2 Å². The summed E-state index contributed by atoms with van der Waals surface area (Å²) < 4.78 is 6.67. The molecule has 0 aliphatic rings. The predicted molar refractivity (Wildman–Crippen MR) is 78.0 cm³/mol. The van der Waals surface area contributed by atoms with E-state index >= 15 is 0 Å². The lowest BCUT2D eigenvalue weighted by Crippen LogP contribution is -2.48. The van der Waals surface area contributed by atoms with E-state index in [0.29, 0.717) is 6.61 Å². The highest BCUT2D eigenvalue weighted by molar-refractivity contribution is 9.10.